The van der Waals surface area contributed by atoms with Crippen molar-refractivity contribution in [1.29, 1.82) is 0 Å². The summed E-state index contributed by atoms with van der Waals surface area (Å²) in [6.45, 7) is 4.05. The van der Waals surface area contributed by atoms with E-state index in [0.29, 0.717) is 12.8 Å². The Hall–Kier alpha value is -1.16. The van der Waals surface area contributed by atoms with Crippen LogP contribution in [0.4, 0.5) is 5.69 Å². The first-order valence-corrected chi connectivity index (χ1v) is 6.76. The molecule has 1 amide bonds. The first-order chi connectivity index (χ1) is 8.37. The molecule has 0 bridgehead atoms. The van der Waals surface area contributed by atoms with Crippen LogP contribution in [0.1, 0.15) is 26.7 Å². The lowest BCUT2D eigenvalue weighted by atomic mass is 9.90. The lowest BCUT2D eigenvalue weighted by Crippen LogP contribution is -2.25. The van der Waals surface area contributed by atoms with Gasteiger partial charge in [0.15, 0.2) is 0 Å². The number of benzene rings is 1. The highest BCUT2D eigenvalue weighted by Crippen LogP contribution is 2.38. The number of nitrogens with one attached hydrogen (secondary N) is 1. The quantitative estimate of drug-likeness (QED) is 0.851. The van der Waals surface area contributed by atoms with Crippen LogP contribution in [-0.4, -0.2) is 11.7 Å². The van der Waals surface area contributed by atoms with E-state index in [1.54, 1.807) is 0 Å². The molecule has 4 heteroatoms. The molecule has 1 saturated carbocycles. The molecule has 2 rings (SSSR count). The maximum atomic E-state index is 12.1. The number of anilines is 1. The lowest BCUT2D eigenvalue weighted by Gasteiger charge is -2.15. The molecule has 0 aromatic heterocycles. The molecular formula is C14H16BrNO2. The van der Waals surface area contributed by atoms with E-state index in [-0.39, 0.29) is 17.1 Å². The van der Waals surface area contributed by atoms with Crippen LogP contribution in [-0.2, 0) is 9.59 Å². The van der Waals surface area contributed by atoms with Crippen molar-refractivity contribution in [2.45, 2.75) is 26.7 Å². The zero-order valence-corrected chi connectivity index (χ0v) is 12.1. The van der Waals surface area contributed by atoms with Crippen LogP contribution in [0.15, 0.2) is 28.7 Å². The van der Waals surface area contributed by atoms with Crippen molar-refractivity contribution in [3.63, 3.8) is 0 Å². The Kier molecular flexibility index (Phi) is 3.57. The van der Waals surface area contributed by atoms with Crippen molar-refractivity contribution in [3.05, 3.63) is 28.7 Å². The zero-order chi connectivity index (χ0) is 13.3. The van der Waals surface area contributed by atoms with Crippen molar-refractivity contribution < 1.29 is 9.59 Å². The molecule has 0 radical (unpaired) electrons. The smallest absolute Gasteiger partial charge is 0.234 e. The summed E-state index contributed by atoms with van der Waals surface area (Å²) < 4.78 is 0.957. The fourth-order valence-corrected chi connectivity index (χ4v) is 2.60. The number of ketones is 1. The topological polar surface area (TPSA) is 46.2 Å². The Morgan fingerprint density at radius 3 is 2.44 bits per heavy atom. The lowest BCUT2D eigenvalue weighted by molar-refractivity contribution is -0.129. The van der Waals surface area contributed by atoms with Crippen LogP contribution < -0.4 is 5.32 Å². The summed E-state index contributed by atoms with van der Waals surface area (Å²) in [5.41, 5.74) is 0.666. The molecule has 1 fully saturated rings. The van der Waals surface area contributed by atoms with E-state index in [1.165, 1.54) is 0 Å². The number of Topliss-reactive ketones (excluding diaryl/α,β-unsaturated/α-hetero) is 1. The number of halogens is 1. The number of carbonyl (C=O) groups is 2. The van der Waals surface area contributed by atoms with Gasteiger partial charge in [-0.15, -0.1) is 0 Å². The van der Waals surface area contributed by atoms with Gasteiger partial charge in [-0.05, 0) is 36.1 Å². The molecule has 1 N–H and O–H groups in total. The van der Waals surface area contributed by atoms with Crippen LogP contribution >= 0.6 is 15.9 Å². The van der Waals surface area contributed by atoms with E-state index in [2.05, 4.69) is 21.2 Å². The Morgan fingerprint density at radius 2 is 1.94 bits per heavy atom. The Balaban J connectivity index is 2.05. The van der Waals surface area contributed by atoms with Crippen molar-refractivity contribution >= 4 is 33.3 Å². The van der Waals surface area contributed by atoms with Crippen molar-refractivity contribution in [1.82, 2.24) is 0 Å². The fourth-order valence-electron chi connectivity index (χ4n) is 2.33. The summed E-state index contributed by atoms with van der Waals surface area (Å²) in [5.74, 6) is -0.633. The first-order valence-electron chi connectivity index (χ1n) is 5.96. The normalized spacial score (nSPS) is 21.9. The molecule has 0 aliphatic heterocycles. The summed E-state index contributed by atoms with van der Waals surface area (Å²) >= 11 is 3.34. The van der Waals surface area contributed by atoms with E-state index in [1.807, 2.05) is 38.1 Å². The molecule has 0 heterocycles. The maximum absolute atomic E-state index is 12.1. The van der Waals surface area contributed by atoms with E-state index in [4.69, 9.17) is 0 Å². The van der Waals surface area contributed by atoms with E-state index in [9.17, 15) is 9.59 Å². The van der Waals surface area contributed by atoms with Crippen LogP contribution in [0.2, 0.25) is 0 Å². The zero-order valence-electron chi connectivity index (χ0n) is 10.5. The molecule has 1 aliphatic rings. The highest BCUT2D eigenvalue weighted by Gasteiger charge is 2.41. The third-order valence-electron chi connectivity index (χ3n) is 3.23. The Labute approximate surface area is 115 Å². The van der Waals surface area contributed by atoms with E-state index < -0.39 is 5.92 Å². The van der Waals surface area contributed by atoms with Gasteiger partial charge in [0.2, 0.25) is 5.91 Å². The molecule has 0 saturated heterocycles. The average Bonchev–Trinajstić information content (AvgIpc) is 2.55. The third kappa shape index (κ3) is 2.99. The highest BCUT2D eigenvalue weighted by molar-refractivity contribution is 9.10. The van der Waals surface area contributed by atoms with Crippen molar-refractivity contribution in [2.75, 3.05) is 5.32 Å². The predicted molar refractivity (Wildman–Crippen MR) is 74.3 cm³/mol. The second kappa shape index (κ2) is 4.84. The molecular weight excluding hydrogens is 294 g/mol. The van der Waals surface area contributed by atoms with Gasteiger partial charge in [-0.2, -0.15) is 0 Å². The third-order valence-corrected chi connectivity index (χ3v) is 3.76. The minimum Gasteiger partial charge on any atom is -0.325 e. The molecule has 1 atom stereocenters. The van der Waals surface area contributed by atoms with Gasteiger partial charge in [-0.25, -0.2) is 0 Å². The first kappa shape index (κ1) is 13.3. The van der Waals surface area contributed by atoms with Gasteiger partial charge in [0.1, 0.15) is 5.78 Å². The molecule has 0 spiro atoms. The van der Waals surface area contributed by atoms with Crippen LogP contribution in [0.5, 0.6) is 0 Å². The Bertz CT molecular complexity index is 479. The highest BCUT2D eigenvalue weighted by atomic mass is 79.9. The van der Waals surface area contributed by atoms with E-state index >= 15 is 0 Å². The summed E-state index contributed by atoms with van der Waals surface area (Å²) in [7, 11) is 0. The number of carbonyl (C=O) groups excluding carboxylic acids is 2. The van der Waals surface area contributed by atoms with Crippen LogP contribution in [0.3, 0.4) is 0 Å². The maximum Gasteiger partial charge on any atom is 0.234 e. The largest absolute Gasteiger partial charge is 0.325 e. The van der Waals surface area contributed by atoms with Crippen LogP contribution in [0.25, 0.3) is 0 Å². The predicted octanol–water partition coefficient (Wildman–Crippen LogP) is 3.39. The standard InChI is InChI=1S/C14H16BrNO2/c1-14(2)7-11(12(17)8-14)13(18)16-10-5-3-9(15)4-6-10/h3-6,11H,7-8H2,1-2H3,(H,16,18). The van der Waals surface area contributed by atoms with Gasteiger partial charge in [0.05, 0.1) is 5.92 Å². The second-order valence-corrected chi connectivity index (χ2v) is 6.48. The molecule has 18 heavy (non-hydrogen) atoms. The molecule has 96 valence electrons. The summed E-state index contributed by atoms with van der Waals surface area (Å²) in [5, 5.41) is 2.80. The number of rotatable bonds is 2. The molecule has 1 aromatic rings. The molecule has 1 unspecified atom stereocenters. The summed E-state index contributed by atoms with van der Waals surface area (Å²) in [6, 6.07) is 7.34. The second-order valence-electron chi connectivity index (χ2n) is 5.56. The van der Waals surface area contributed by atoms with Crippen molar-refractivity contribution in [3.8, 4) is 0 Å². The summed E-state index contributed by atoms with van der Waals surface area (Å²) in [4.78, 5) is 23.9. The average molecular weight is 310 g/mol. The van der Waals surface area contributed by atoms with Gasteiger partial charge in [-0.1, -0.05) is 29.8 Å². The van der Waals surface area contributed by atoms with Crippen LogP contribution in [0, 0.1) is 11.3 Å². The van der Waals surface area contributed by atoms with Gasteiger partial charge >= 0.3 is 0 Å². The number of hydrogen-bond donors (Lipinski definition) is 1. The monoisotopic (exact) mass is 309 g/mol. The number of hydrogen-bond acceptors (Lipinski definition) is 2. The molecule has 1 aromatic carbocycles. The van der Waals surface area contributed by atoms with Gasteiger partial charge in [0, 0.05) is 16.6 Å². The number of amides is 1. The van der Waals surface area contributed by atoms with Gasteiger partial charge in [-0.3, -0.25) is 9.59 Å². The molecule has 3 nitrogen and oxygen atoms in total. The van der Waals surface area contributed by atoms with Gasteiger partial charge < -0.3 is 5.32 Å². The minimum atomic E-state index is -0.497. The van der Waals surface area contributed by atoms with Crippen molar-refractivity contribution in [2.24, 2.45) is 11.3 Å². The fraction of sp³-hybridized carbons (Fsp3) is 0.429. The van der Waals surface area contributed by atoms with E-state index in [0.717, 1.165) is 10.2 Å². The molecule has 1 aliphatic carbocycles. The van der Waals surface area contributed by atoms with Gasteiger partial charge in [0.25, 0.3) is 0 Å². The Morgan fingerprint density at radius 1 is 1.33 bits per heavy atom. The summed E-state index contributed by atoms with van der Waals surface area (Å²) in [6.07, 6.45) is 1.12. The SMILES string of the molecule is CC1(C)CC(=O)C(C(=O)Nc2ccc(Br)cc2)C1. The minimum absolute atomic E-state index is 0.0506.